The van der Waals surface area contributed by atoms with Crippen molar-refractivity contribution in [3.63, 3.8) is 0 Å². The van der Waals surface area contributed by atoms with Crippen molar-refractivity contribution >= 4 is 44.5 Å². The topological polar surface area (TPSA) is 81.8 Å². The number of fused-ring (bicyclic) bond motifs is 2. The molecule has 4 heterocycles. The van der Waals surface area contributed by atoms with Gasteiger partial charge >= 0.3 is 0 Å². The molecule has 8 nitrogen and oxygen atoms in total. The summed E-state index contributed by atoms with van der Waals surface area (Å²) in [7, 11) is 1.67. The van der Waals surface area contributed by atoms with E-state index in [9.17, 15) is 9.59 Å². The van der Waals surface area contributed by atoms with Gasteiger partial charge in [0, 0.05) is 49.1 Å². The first kappa shape index (κ1) is 23.8. The number of anilines is 1. The van der Waals surface area contributed by atoms with Gasteiger partial charge in [-0.25, -0.2) is 0 Å². The van der Waals surface area contributed by atoms with E-state index in [2.05, 4.69) is 31.0 Å². The van der Waals surface area contributed by atoms with Crippen molar-refractivity contribution in [2.45, 2.75) is 44.6 Å². The van der Waals surface area contributed by atoms with Crippen molar-refractivity contribution in [3.8, 4) is 0 Å². The normalized spacial score (nSPS) is 25.6. The van der Waals surface area contributed by atoms with E-state index in [1.807, 2.05) is 23.1 Å². The maximum Gasteiger partial charge on any atom is 0.229 e. The first-order valence-corrected chi connectivity index (χ1v) is 13.3. The van der Waals surface area contributed by atoms with Crippen molar-refractivity contribution in [2.24, 2.45) is 11.8 Å². The Morgan fingerprint density at radius 2 is 2.12 bits per heavy atom. The first-order valence-electron chi connectivity index (χ1n) is 12.5. The number of hydrogen-bond donors (Lipinski definition) is 1. The maximum absolute atomic E-state index is 13.7. The number of nitrogens with one attached hydrogen (secondary N) is 1. The Morgan fingerprint density at radius 3 is 2.97 bits per heavy atom. The van der Waals surface area contributed by atoms with Gasteiger partial charge in [0.25, 0.3) is 0 Å². The third-order valence-electron chi connectivity index (χ3n) is 7.80. The molecule has 3 aliphatic heterocycles. The van der Waals surface area contributed by atoms with Crippen LogP contribution in [0.3, 0.4) is 0 Å². The molecule has 34 heavy (non-hydrogen) atoms. The molecule has 1 aromatic carbocycles. The maximum atomic E-state index is 13.7. The second-order valence-corrected chi connectivity index (χ2v) is 10.8. The molecule has 1 aromatic heterocycles. The fraction of sp³-hybridized carbons (Fsp3) is 0.640. The van der Waals surface area contributed by atoms with Crippen molar-refractivity contribution in [1.29, 1.82) is 0 Å². The van der Waals surface area contributed by atoms with Crippen molar-refractivity contribution in [3.05, 3.63) is 22.7 Å². The third kappa shape index (κ3) is 4.75. The lowest BCUT2D eigenvalue weighted by atomic mass is 9.83. The minimum atomic E-state index is -0.349. The van der Waals surface area contributed by atoms with Gasteiger partial charge < -0.3 is 14.5 Å². The zero-order valence-electron chi connectivity index (χ0n) is 19.8. The molecule has 0 aliphatic carbocycles. The zero-order chi connectivity index (χ0) is 23.7. The van der Waals surface area contributed by atoms with Crippen LogP contribution in [0.2, 0.25) is 0 Å². The monoisotopic (exact) mass is 531 g/mol. The molecular formula is C25H34BrN5O3. The smallest absolute Gasteiger partial charge is 0.229 e. The van der Waals surface area contributed by atoms with Gasteiger partial charge in [0.1, 0.15) is 0 Å². The minimum Gasteiger partial charge on any atom is -0.383 e. The third-order valence-corrected chi connectivity index (χ3v) is 8.29. The number of halogens is 1. The standard InChI is InChI=1S/C25H34BrN5O3/c1-34-12-11-30(15-17-5-4-10-29-9-3-2-6-22(17)29)25(33)18-13-23(32)31(16-18)24-20-8-7-19(26)14-21(20)27-28-24/h7-8,14,17-18,22H,2-6,9-13,15-16H2,1H3,(H,27,28). The van der Waals surface area contributed by atoms with Gasteiger partial charge in [-0.15, -0.1) is 0 Å². The van der Waals surface area contributed by atoms with Gasteiger partial charge in [-0.1, -0.05) is 22.4 Å². The summed E-state index contributed by atoms with van der Waals surface area (Å²) in [6, 6.07) is 6.41. The minimum absolute atomic E-state index is 0.0440. The van der Waals surface area contributed by atoms with E-state index in [4.69, 9.17) is 4.74 Å². The van der Waals surface area contributed by atoms with E-state index < -0.39 is 0 Å². The molecule has 3 aliphatic rings. The second kappa shape index (κ2) is 10.3. The highest BCUT2D eigenvalue weighted by Crippen LogP contribution is 2.34. The number of carbonyl (C=O) groups excluding carboxylic acids is 2. The van der Waals surface area contributed by atoms with Gasteiger partial charge in [0.05, 0.1) is 18.0 Å². The van der Waals surface area contributed by atoms with E-state index in [0.29, 0.717) is 37.5 Å². The predicted molar refractivity (Wildman–Crippen MR) is 135 cm³/mol. The largest absolute Gasteiger partial charge is 0.383 e. The molecule has 1 N–H and O–H groups in total. The quantitative estimate of drug-likeness (QED) is 0.591. The molecule has 3 fully saturated rings. The van der Waals surface area contributed by atoms with Crippen LogP contribution in [0.25, 0.3) is 10.9 Å². The number of rotatable bonds is 7. The number of piperidine rings is 2. The van der Waals surface area contributed by atoms with Crippen LogP contribution < -0.4 is 4.90 Å². The molecule has 3 atom stereocenters. The first-order chi connectivity index (χ1) is 16.5. The number of nitrogens with zero attached hydrogens (tertiary/aromatic N) is 4. The number of aromatic nitrogens is 2. The van der Waals surface area contributed by atoms with E-state index in [1.165, 1.54) is 45.2 Å². The highest BCUT2D eigenvalue weighted by Gasteiger charge is 2.40. The van der Waals surface area contributed by atoms with Crippen LogP contribution in [0, 0.1) is 11.8 Å². The molecule has 5 rings (SSSR count). The van der Waals surface area contributed by atoms with E-state index in [-0.39, 0.29) is 24.2 Å². The highest BCUT2D eigenvalue weighted by atomic mass is 79.9. The summed E-state index contributed by atoms with van der Waals surface area (Å²) in [5.74, 6) is 0.784. The molecule has 0 bridgehead atoms. The molecule has 3 unspecified atom stereocenters. The van der Waals surface area contributed by atoms with Gasteiger partial charge in [0.2, 0.25) is 11.8 Å². The summed E-state index contributed by atoms with van der Waals surface area (Å²) in [6.07, 6.45) is 6.40. The Kier molecular flexibility index (Phi) is 7.22. The van der Waals surface area contributed by atoms with Crippen molar-refractivity contribution in [1.82, 2.24) is 20.0 Å². The number of hydrogen-bond acceptors (Lipinski definition) is 5. The summed E-state index contributed by atoms with van der Waals surface area (Å²) < 4.78 is 6.29. The van der Waals surface area contributed by atoms with Gasteiger partial charge in [-0.3, -0.25) is 19.6 Å². The molecule has 184 valence electrons. The number of ether oxygens (including phenoxy) is 1. The highest BCUT2D eigenvalue weighted by molar-refractivity contribution is 9.10. The second-order valence-electron chi connectivity index (χ2n) is 9.92. The Morgan fingerprint density at radius 1 is 1.26 bits per heavy atom. The molecule has 9 heteroatoms. The molecule has 3 saturated heterocycles. The van der Waals surface area contributed by atoms with Gasteiger partial charge in [-0.05, 0) is 62.9 Å². The average molecular weight is 532 g/mol. The number of aromatic amines is 1. The summed E-state index contributed by atoms with van der Waals surface area (Å²) in [5, 5.41) is 8.31. The number of methoxy groups -OCH3 is 1. The Balaban J connectivity index is 1.31. The van der Waals surface area contributed by atoms with E-state index >= 15 is 0 Å². The number of carbonyl (C=O) groups is 2. The molecule has 0 radical (unpaired) electrons. The van der Waals surface area contributed by atoms with Gasteiger partial charge in [0.15, 0.2) is 5.82 Å². The fourth-order valence-corrected chi connectivity index (χ4v) is 6.45. The van der Waals surface area contributed by atoms with Crippen molar-refractivity contribution < 1.29 is 14.3 Å². The predicted octanol–water partition coefficient (Wildman–Crippen LogP) is 3.42. The van der Waals surface area contributed by atoms with Crippen LogP contribution in [0.15, 0.2) is 22.7 Å². The Bertz CT molecular complexity index is 1040. The van der Waals surface area contributed by atoms with Crippen LogP contribution in [-0.2, 0) is 14.3 Å². The lowest BCUT2D eigenvalue weighted by Gasteiger charge is -2.46. The molecule has 0 saturated carbocycles. The summed E-state index contributed by atoms with van der Waals surface area (Å²) in [6.45, 7) is 4.59. The molecule has 2 aromatic rings. The lowest BCUT2D eigenvalue weighted by molar-refractivity contribution is -0.137. The number of benzene rings is 1. The van der Waals surface area contributed by atoms with E-state index in [1.54, 1.807) is 12.0 Å². The van der Waals surface area contributed by atoms with Crippen LogP contribution >= 0.6 is 15.9 Å². The number of amides is 2. The van der Waals surface area contributed by atoms with Crippen LogP contribution in [0.4, 0.5) is 5.82 Å². The van der Waals surface area contributed by atoms with Gasteiger partial charge in [-0.2, -0.15) is 5.10 Å². The number of H-pyrrole nitrogens is 1. The fourth-order valence-electron chi connectivity index (χ4n) is 6.09. The molecule has 2 amide bonds. The average Bonchev–Trinajstić information content (AvgIpc) is 3.44. The zero-order valence-corrected chi connectivity index (χ0v) is 21.4. The Hall–Kier alpha value is -1.97. The summed E-state index contributed by atoms with van der Waals surface area (Å²) in [5.41, 5.74) is 0.864. The van der Waals surface area contributed by atoms with E-state index in [0.717, 1.165) is 21.9 Å². The molecule has 0 spiro atoms. The van der Waals surface area contributed by atoms with Crippen molar-refractivity contribution in [2.75, 3.05) is 51.3 Å². The summed E-state index contributed by atoms with van der Waals surface area (Å²) in [4.78, 5) is 33.0. The SMILES string of the molecule is COCCN(CC1CCCN2CCCCC12)C(=O)C1CC(=O)N(c2n[nH]c3cc(Br)ccc23)C1. The Labute approximate surface area is 209 Å². The lowest BCUT2D eigenvalue weighted by Crippen LogP contribution is -2.52. The van der Waals surface area contributed by atoms with Crippen LogP contribution in [0.1, 0.15) is 38.5 Å². The van der Waals surface area contributed by atoms with Crippen LogP contribution in [0.5, 0.6) is 0 Å². The molecular weight excluding hydrogens is 498 g/mol. The van der Waals surface area contributed by atoms with Crippen LogP contribution in [-0.4, -0.2) is 84.3 Å². The summed E-state index contributed by atoms with van der Waals surface area (Å²) >= 11 is 3.47.